The van der Waals surface area contributed by atoms with E-state index in [0.29, 0.717) is 6.04 Å². The maximum Gasteiger partial charge on any atom is 0.126 e. The summed E-state index contributed by atoms with van der Waals surface area (Å²) < 4.78 is 0. The molecule has 2 aromatic heterocycles. The van der Waals surface area contributed by atoms with E-state index in [1.165, 1.54) is 49.8 Å². The number of anilines is 1. The lowest BCUT2D eigenvalue weighted by Crippen LogP contribution is -2.49. The van der Waals surface area contributed by atoms with Gasteiger partial charge in [0.05, 0.1) is 5.69 Å². The summed E-state index contributed by atoms with van der Waals surface area (Å²) in [6, 6.07) is 15.4. The first kappa shape index (κ1) is 15.0. The van der Waals surface area contributed by atoms with Crippen molar-refractivity contribution in [2.45, 2.75) is 25.3 Å². The van der Waals surface area contributed by atoms with E-state index in [1.54, 1.807) is 0 Å². The Morgan fingerprint density at radius 1 is 1.04 bits per heavy atom. The summed E-state index contributed by atoms with van der Waals surface area (Å²) in [6.45, 7) is 3.76. The molecule has 4 heteroatoms. The quantitative estimate of drug-likeness (QED) is 0.758. The summed E-state index contributed by atoms with van der Waals surface area (Å²) in [4.78, 5) is 10.8. The number of nitrogens with one attached hydrogen (secondary N) is 2. The van der Waals surface area contributed by atoms with Crippen molar-refractivity contribution in [1.82, 2.24) is 14.9 Å². The Hall–Kier alpha value is -2.33. The van der Waals surface area contributed by atoms with Gasteiger partial charge in [0.2, 0.25) is 0 Å². The van der Waals surface area contributed by atoms with Gasteiger partial charge in [0.25, 0.3) is 0 Å². The van der Waals surface area contributed by atoms with Gasteiger partial charge in [-0.05, 0) is 56.0 Å². The van der Waals surface area contributed by atoms with E-state index in [1.807, 2.05) is 6.20 Å². The molecule has 5 rings (SSSR count). The Morgan fingerprint density at radius 3 is 3.00 bits per heavy atom. The third-order valence-corrected chi connectivity index (χ3v) is 5.82. The third-order valence-electron chi connectivity index (χ3n) is 5.82. The summed E-state index contributed by atoms with van der Waals surface area (Å²) in [5.74, 6) is 1.77. The highest BCUT2D eigenvalue weighted by Crippen LogP contribution is 2.30. The molecule has 0 radical (unpaired) electrons. The van der Waals surface area contributed by atoms with Crippen LogP contribution in [-0.2, 0) is 0 Å². The highest BCUT2D eigenvalue weighted by atomic mass is 15.2. The van der Waals surface area contributed by atoms with Crippen LogP contribution in [0.2, 0.25) is 0 Å². The molecule has 2 bridgehead atoms. The van der Waals surface area contributed by atoms with E-state index in [2.05, 4.69) is 57.7 Å². The summed E-state index contributed by atoms with van der Waals surface area (Å²) >= 11 is 0. The zero-order valence-corrected chi connectivity index (χ0v) is 14.4. The van der Waals surface area contributed by atoms with Gasteiger partial charge in [-0.3, -0.25) is 0 Å². The van der Waals surface area contributed by atoms with Gasteiger partial charge in [-0.2, -0.15) is 0 Å². The van der Waals surface area contributed by atoms with Crippen molar-refractivity contribution in [1.29, 1.82) is 0 Å². The Balaban J connectivity index is 1.42. The molecule has 3 unspecified atom stereocenters. The molecule has 25 heavy (non-hydrogen) atoms. The predicted molar refractivity (Wildman–Crippen MR) is 103 cm³/mol. The molecular formula is C21H24N4. The van der Waals surface area contributed by atoms with Crippen LogP contribution in [0.3, 0.4) is 0 Å². The number of aromatic nitrogens is 2. The lowest BCUT2D eigenvalue weighted by Gasteiger charge is -2.43. The van der Waals surface area contributed by atoms with E-state index in [0.717, 1.165) is 22.9 Å². The lowest BCUT2D eigenvalue weighted by atomic mass is 9.85. The minimum atomic E-state index is 0.558. The zero-order chi connectivity index (χ0) is 16.6. The van der Waals surface area contributed by atoms with Gasteiger partial charge in [0.15, 0.2) is 0 Å². The van der Waals surface area contributed by atoms with Crippen molar-refractivity contribution in [3.63, 3.8) is 0 Å². The molecule has 1 aromatic carbocycles. The second-order valence-electron chi connectivity index (χ2n) is 7.39. The molecule has 3 aromatic rings. The molecule has 2 aliphatic rings. The van der Waals surface area contributed by atoms with E-state index >= 15 is 0 Å². The number of rotatable bonds is 3. The molecule has 2 saturated heterocycles. The Morgan fingerprint density at radius 2 is 2.00 bits per heavy atom. The average molecular weight is 332 g/mol. The average Bonchev–Trinajstić information content (AvgIpc) is 3.13. The van der Waals surface area contributed by atoms with Crippen molar-refractivity contribution >= 4 is 16.7 Å². The van der Waals surface area contributed by atoms with Gasteiger partial charge in [-0.15, -0.1) is 0 Å². The number of aromatic amines is 1. The van der Waals surface area contributed by atoms with Gasteiger partial charge in [-0.25, -0.2) is 4.98 Å². The van der Waals surface area contributed by atoms with E-state index in [9.17, 15) is 0 Å². The zero-order valence-electron chi connectivity index (χ0n) is 14.4. The maximum atomic E-state index is 4.93. The van der Waals surface area contributed by atoms with Gasteiger partial charge in [-0.1, -0.05) is 18.2 Å². The number of nitrogens with zero attached hydrogens (tertiary/aromatic N) is 2. The number of benzene rings is 1. The molecule has 128 valence electrons. The Bertz CT molecular complexity index is 884. The molecule has 2 N–H and O–H groups in total. The number of H-pyrrole nitrogens is 1. The first-order valence-electron chi connectivity index (χ1n) is 9.39. The fourth-order valence-corrected chi connectivity index (χ4v) is 4.53. The van der Waals surface area contributed by atoms with Crippen LogP contribution < -0.4 is 5.32 Å². The number of hydrogen-bond donors (Lipinski definition) is 2. The fourth-order valence-electron chi connectivity index (χ4n) is 4.53. The highest BCUT2D eigenvalue weighted by molar-refractivity contribution is 5.94. The van der Waals surface area contributed by atoms with Crippen molar-refractivity contribution < 1.29 is 0 Å². The van der Waals surface area contributed by atoms with Crippen LogP contribution in [0.1, 0.15) is 19.3 Å². The number of fused-ring (bicyclic) bond motifs is 3. The molecule has 2 fully saturated rings. The summed E-state index contributed by atoms with van der Waals surface area (Å²) in [6.07, 6.45) is 5.90. The normalized spacial score (nSPS) is 25.8. The van der Waals surface area contributed by atoms with Crippen LogP contribution in [0.15, 0.2) is 48.7 Å². The SMILES string of the molecule is c1cc(NC2CCN3CCCC2C3)nc(-c2cccc3[nH]ccc23)c1. The minimum Gasteiger partial charge on any atom is -0.367 e. The monoisotopic (exact) mass is 332 g/mol. The molecule has 4 nitrogen and oxygen atoms in total. The largest absolute Gasteiger partial charge is 0.367 e. The molecule has 3 atom stereocenters. The van der Waals surface area contributed by atoms with Gasteiger partial charge < -0.3 is 15.2 Å². The van der Waals surface area contributed by atoms with Gasteiger partial charge >= 0.3 is 0 Å². The summed E-state index contributed by atoms with van der Waals surface area (Å²) in [5.41, 5.74) is 3.39. The maximum absolute atomic E-state index is 4.93. The Kier molecular flexibility index (Phi) is 3.71. The Labute approximate surface area is 148 Å². The highest BCUT2D eigenvalue weighted by Gasteiger charge is 2.32. The van der Waals surface area contributed by atoms with Crippen molar-refractivity contribution in [3.05, 3.63) is 48.7 Å². The second kappa shape index (κ2) is 6.19. The number of pyridine rings is 1. The summed E-state index contributed by atoms with van der Waals surface area (Å²) in [7, 11) is 0. The van der Waals surface area contributed by atoms with Crippen molar-refractivity contribution in [3.8, 4) is 11.3 Å². The molecule has 0 amide bonds. The van der Waals surface area contributed by atoms with E-state index in [4.69, 9.17) is 4.98 Å². The smallest absolute Gasteiger partial charge is 0.126 e. The van der Waals surface area contributed by atoms with Gasteiger partial charge in [0.1, 0.15) is 5.82 Å². The molecule has 4 heterocycles. The van der Waals surface area contributed by atoms with Crippen LogP contribution >= 0.6 is 0 Å². The van der Waals surface area contributed by atoms with Crippen LogP contribution in [0, 0.1) is 5.92 Å². The number of piperidine rings is 2. The standard InChI is InChI=1S/C21H24N4/c1-5-16(17-9-11-22-19(17)6-1)20-7-2-8-21(24-20)23-18-10-13-25-12-3-4-15(18)14-25/h1-2,5-9,11,15,18,22H,3-4,10,12-14H2,(H,23,24). The molecule has 0 aliphatic carbocycles. The lowest BCUT2D eigenvalue weighted by molar-refractivity contribution is 0.113. The number of hydrogen-bond acceptors (Lipinski definition) is 3. The van der Waals surface area contributed by atoms with Crippen LogP contribution in [0.25, 0.3) is 22.2 Å². The van der Waals surface area contributed by atoms with E-state index < -0.39 is 0 Å². The first-order chi connectivity index (χ1) is 12.4. The topological polar surface area (TPSA) is 44.0 Å². The molecule has 0 spiro atoms. The second-order valence-corrected chi connectivity index (χ2v) is 7.39. The molecule has 2 aliphatic heterocycles. The van der Waals surface area contributed by atoms with Gasteiger partial charge in [0, 0.05) is 41.8 Å². The third kappa shape index (κ3) is 2.81. The minimum absolute atomic E-state index is 0.558. The molecule has 0 saturated carbocycles. The first-order valence-corrected chi connectivity index (χ1v) is 9.39. The predicted octanol–water partition coefficient (Wildman–Crippen LogP) is 4.13. The van der Waals surface area contributed by atoms with Crippen molar-refractivity contribution in [2.75, 3.05) is 25.0 Å². The van der Waals surface area contributed by atoms with E-state index in [-0.39, 0.29) is 0 Å². The van der Waals surface area contributed by atoms with Crippen LogP contribution in [0.5, 0.6) is 0 Å². The van der Waals surface area contributed by atoms with Crippen LogP contribution in [-0.4, -0.2) is 40.5 Å². The van der Waals surface area contributed by atoms with Crippen LogP contribution in [0.4, 0.5) is 5.82 Å². The molecular weight excluding hydrogens is 308 g/mol. The fraction of sp³-hybridized carbons (Fsp3) is 0.381. The summed E-state index contributed by atoms with van der Waals surface area (Å²) in [5, 5.41) is 4.97. The van der Waals surface area contributed by atoms with Crippen molar-refractivity contribution in [2.24, 2.45) is 5.92 Å².